The van der Waals surface area contributed by atoms with Crippen LogP contribution in [0.5, 0.6) is 5.75 Å². The molecule has 0 aliphatic carbocycles. The van der Waals surface area contributed by atoms with E-state index in [9.17, 15) is 9.59 Å². The quantitative estimate of drug-likeness (QED) is 0.559. The van der Waals surface area contributed by atoms with Crippen molar-refractivity contribution in [2.24, 2.45) is 5.92 Å². The van der Waals surface area contributed by atoms with Gasteiger partial charge in [0, 0.05) is 23.7 Å². The average Bonchev–Trinajstić information content (AvgIpc) is 3.03. The molecule has 26 heavy (non-hydrogen) atoms. The third kappa shape index (κ3) is 3.91. The van der Waals surface area contributed by atoms with Crippen molar-refractivity contribution in [1.29, 1.82) is 0 Å². The maximum Gasteiger partial charge on any atom is 0.316 e. The summed E-state index contributed by atoms with van der Waals surface area (Å²) in [6, 6.07) is 14.7. The largest absolute Gasteiger partial charge is 0.426 e. The van der Waals surface area contributed by atoms with Crippen molar-refractivity contribution in [3.63, 3.8) is 0 Å². The van der Waals surface area contributed by atoms with Gasteiger partial charge in [0.1, 0.15) is 5.75 Å². The molecule has 0 saturated carbocycles. The van der Waals surface area contributed by atoms with Gasteiger partial charge in [-0.3, -0.25) is 9.59 Å². The molecule has 1 heterocycles. The Bertz CT molecular complexity index is 820. The molecule has 3 rings (SSSR count). The first kappa shape index (κ1) is 18.5. The lowest BCUT2D eigenvalue weighted by atomic mass is 9.98. The molecule has 1 amide bonds. The number of carbonyl (C=O) groups is 2. The summed E-state index contributed by atoms with van der Waals surface area (Å²) >= 11 is 6.01. The van der Waals surface area contributed by atoms with Crippen LogP contribution in [0, 0.1) is 5.92 Å². The molecule has 5 heteroatoms. The van der Waals surface area contributed by atoms with Crippen LogP contribution in [0.25, 0.3) is 0 Å². The first-order valence-electron chi connectivity index (χ1n) is 8.86. The maximum atomic E-state index is 12.6. The molecule has 2 aromatic carbocycles. The van der Waals surface area contributed by atoms with Crippen LogP contribution in [0.3, 0.4) is 0 Å². The maximum absolute atomic E-state index is 12.6. The molecule has 1 fully saturated rings. The molecule has 136 valence electrons. The minimum absolute atomic E-state index is 0.0931. The van der Waals surface area contributed by atoms with E-state index in [0.29, 0.717) is 28.9 Å². The summed E-state index contributed by atoms with van der Waals surface area (Å²) in [7, 11) is 0. The number of halogens is 1. The third-order valence-electron chi connectivity index (χ3n) is 4.85. The van der Waals surface area contributed by atoms with Crippen molar-refractivity contribution in [2.45, 2.75) is 32.6 Å². The fourth-order valence-corrected chi connectivity index (χ4v) is 3.34. The second-order valence-corrected chi connectivity index (χ2v) is 7.09. The first-order valence-corrected chi connectivity index (χ1v) is 9.24. The van der Waals surface area contributed by atoms with Crippen molar-refractivity contribution >= 4 is 29.2 Å². The molecular weight excluding hydrogens is 350 g/mol. The van der Waals surface area contributed by atoms with Gasteiger partial charge in [0.25, 0.3) is 0 Å². The SMILES string of the molecule is CC[C@H](C)c1ccccc1OC(=O)[C@H]1CC(=O)N(c2cccc(Cl)c2)C1. The number of anilines is 1. The van der Waals surface area contributed by atoms with E-state index in [2.05, 4.69) is 13.8 Å². The van der Waals surface area contributed by atoms with Gasteiger partial charge in [-0.1, -0.05) is 49.7 Å². The van der Waals surface area contributed by atoms with E-state index < -0.39 is 5.92 Å². The Balaban J connectivity index is 1.73. The van der Waals surface area contributed by atoms with Crippen LogP contribution in [-0.2, 0) is 9.59 Å². The first-order chi connectivity index (χ1) is 12.5. The highest BCUT2D eigenvalue weighted by molar-refractivity contribution is 6.30. The number of carbonyl (C=O) groups excluding carboxylic acids is 2. The van der Waals surface area contributed by atoms with E-state index in [-0.39, 0.29) is 18.3 Å². The lowest BCUT2D eigenvalue weighted by Crippen LogP contribution is -2.27. The van der Waals surface area contributed by atoms with Crippen LogP contribution in [0.2, 0.25) is 5.02 Å². The van der Waals surface area contributed by atoms with Gasteiger partial charge in [0.15, 0.2) is 0 Å². The molecule has 0 spiro atoms. The number of benzene rings is 2. The Kier molecular flexibility index (Phi) is 5.62. The molecule has 2 aromatic rings. The number of rotatable bonds is 5. The summed E-state index contributed by atoms with van der Waals surface area (Å²) in [5, 5.41) is 0.559. The van der Waals surface area contributed by atoms with Gasteiger partial charge in [0.05, 0.1) is 5.92 Å². The Labute approximate surface area is 158 Å². The molecule has 1 saturated heterocycles. The van der Waals surface area contributed by atoms with Crippen LogP contribution in [-0.4, -0.2) is 18.4 Å². The second-order valence-electron chi connectivity index (χ2n) is 6.65. The van der Waals surface area contributed by atoms with E-state index in [1.807, 2.05) is 30.3 Å². The van der Waals surface area contributed by atoms with E-state index in [1.165, 1.54) is 0 Å². The van der Waals surface area contributed by atoms with Gasteiger partial charge in [-0.05, 0) is 42.2 Å². The minimum Gasteiger partial charge on any atom is -0.426 e. The second kappa shape index (κ2) is 7.92. The number of hydrogen-bond donors (Lipinski definition) is 0. The normalized spacial score (nSPS) is 18.0. The molecule has 0 N–H and O–H groups in total. The number of hydrogen-bond acceptors (Lipinski definition) is 3. The number of esters is 1. The van der Waals surface area contributed by atoms with Gasteiger partial charge in [0.2, 0.25) is 5.91 Å². The van der Waals surface area contributed by atoms with Crippen LogP contribution in [0.4, 0.5) is 5.69 Å². The molecule has 0 aromatic heterocycles. The Hall–Kier alpha value is -2.33. The summed E-state index contributed by atoms with van der Waals surface area (Å²) in [6.45, 7) is 4.51. The highest BCUT2D eigenvalue weighted by atomic mass is 35.5. The summed E-state index contributed by atoms with van der Waals surface area (Å²) in [5.74, 6) is -0.0535. The summed E-state index contributed by atoms with van der Waals surface area (Å²) < 4.78 is 5.66. The lowest BCUT2D eigenvalue weighted by Gasteiger charge is -2.18. The predicted octanol–water partition coefficient (Wildman–Crippen LogP) is 4.81. The smallest absolute Gasteiger partial charge is 0.316 e. The van der Waals surface area contributed by atoms with E-state index in [0.717, 1.165) is 12.0 Å². The van der Waals surface area contributed by atoms with Crippen LogP contribution in [0.1, 0.15) is 38.2 Å². The third-order valence-corrected chi connectivity index (χ3v) is 5.09. The van der Waals surface area contributed by atoms with Crippen molar-refractivity contribution < 1.29 is 14.3 Å². The van der Waals surface area contributed by atoms with Crippen molar-refractivity contribution in [3.8, 4) is 5.75 Å². The van der Waals surface area contributed by atoms with Crippen molar-refractivity contribution in [2.75, 3.05) is 11.4 Å². The van der Waals surface area contributed by atoms with Crippen LogP contribution >= 0.6 is 11.6 Å². The zero-order chi connectivity index (χ0) is 18.7. The zero-order valence-electron chi connectivity index (χ0n) is 14.9. The van der Waals surface area contributed by atoms with Gasteiger partial charge >= 0.3 is 5.97 Å². The molecule has 0 radical (unpaired) electrons. The van der Waals surface area contributed by atoms with E-state index in [1.54, 1.807) is 23.1 Å². The number of nitrogens with zero attached hydrogens (tertiary/aromatic N) is 1. The molecule has 1 aliphatic rings. The summed E-state index contributed by atoms with van der Waals surface area (Å²) in [4.78, 5) is 26.6. The fourth-order valence-electron chi connectivity index (χ4n) is 3.15. The molecular formula is C21H22ClNO3. The zero-order valence-corrected chi connectivity index (χ0v) is 15.7. The molecule has 4 nitrogen and oxygen atoms in total. The fraction of sp³-hybridized carbons (Fsp3) is 0.333. The van der Waals surface area contributed by atoms with Gasteiger partial charge in [-0.25, -0.2) is 0 Å². The summed E-state index contributed by atoms with van der Waals surface area (Å²) in [6.07, 6.45) is 1.11. The van der Waals surface area contributed by atoms with Gasteiger partial charge < -0.3 is 9.64 Å². The Morgan fingerprint density at radius 1 is 1.27 bits per heavy atom. The van der Waals surface area contributed by atoms with Crippen LogP contribution < -0.4 is 9.64 Å². The van der Waals surface area contributed by atoms with Crippen molar-refractivity contribution in [3.05, 3.63) is 59.1 Å². The average molecular weight is 372 g/mol. The van der Waals surface area contributed by atoms with Gasteiger partial charge in [-0.15, -0.1) is 0 Å². The summed E-state index contributed by atoms with van der Waals surface area (Å²) in [5.41, 5.74) is 1.72. The van der Waals surface area contributed by atoms with Gasteiger partial charge in [-0.2, -0.15) is 0 Å². The van der Waals surface area contributed by atoms with E-state index >= 15 is 0 Å². The highest BCUT2D eigenvalue weighted by Gasteiger charge is 2.36. The number of ether oxygens (including phenoxy) is 1. The number of para-hydroxylation sites is 1. The van der Waals surface area contributed by atoms with Crippen LogP contribution in [0.15, 0.2) is 48.5 Å². The van der Waals surface area contributed by atoms with E-state index in [4.69, 9.17) is 16.3 Å². The Morgan fingerprint density at radius 2 is 2.04 bits per heavy atom. The predicted molar refractivity (Wildman–Crippen MR) is 103 cm³/mol. The lowest BCUT2D eigenvalue weighted by molar-refractivity contribution is -0.139. The van der Waals surface area contributed by atoms with Crippen molar-refractivity contribution in [1.82, 2.24) is 0 Å². The molecule has 2 atom stereocenters. The Morgan fingerprint density at radius 3 is 2.77 bits per heavy atom. The number of amides is 1. The molecule has 1 aliphatic heterocycles. The molecule has 0 bridgehead atoms. The molecule has 0 unspecified atom stereocenters. The topological polar surface area (TPSA) is 46.6 Å². The standard InChI is InChI=1S/C21H22ClNO3/c1-3-14(2)18-9-4-5-10-19(18)26-21(25)15-11-20(24)23(13-15)17-8-6-7-16(22)12-17/h4-10,12,14-15H,3,11,13H2,1-2H3/t14-,15-/m0/s1. The minimum atomic E-state index is -0.480. The monoisotopic (exact) mass is 371 g/mol. The highest BCUT2D eigenvalue weighted by Crippen LogP contribution is 2.31.